The van der Waals surface area contributed by atoms with E-state index in [0.717, 1.165) is 5.69 Å². The number of rotatable bonds is 3. The predicted octanol–water partition coefficient (Wildman–Crippen LogP) is 1.79. The molecule has 0 aliphatic rings. The molecule has 0 bridgehead atoms. The topological polar surface area (TPSA) is 26.0 Å². The standard InChI is InChI=1S/C6H6N.2C6H5.Al/c7-6-4-2-1-3-5-6;2*1-2-4-6-5-3-1;/h1-4H,7H2;2*1-5H;. The number of hydrogen-bond donors (Lipinski definition) is 1. The van der Waals surface area contributed by atoms with E-state index in [4.69, 9.17) is 5.73 Å². The molecule has 96 valence electrons. The van der Waals surface area contributed by atoms with Gasteiger partial charge in [-0.2, -0.15) is 0 Å². The van der Waals surface area contributed by atoms with Crippen molar-refractivity contribution in [3.05, 3.63) is 84.9 Å². The molecule has 1 nitrogen and oxygen atoms in total. The molecule has 2 heteroatoms. The smallest absolute Gasteiger partial charge is 0.386 e. The van der Waals surface area contributed by atoms with E-state index in [0.29, 0.717) is 0 Å². The summed E-state index contributed by atoms with van der Waals surface area (Å²) in [6.07, 6.45) is 0. The SMILES string of the molecule is Nc1cccc[c]1[Al]([c]1ccccc1)[c]1ccccc1. The second-order valence-electron chi connectivity index (χ2n) is 4.88. The quantitative estimate of drug-likeness (QED) is 0.571. The molecule has 0 fully saturated rings. The second-order valence-corrected chi connectivity index (χ2v) is 7.70. The van der Waals surface area contributed by atoms with Gasteiger partial charge in [0.25, 0.3) is 0 Å². The third kappa shape index (κ3) is 2.63. The van der Waals surface area contributed by atoms with Crippen molar-refractivity contribution in [2.75, 3.05) is 5.73 Å². The average molecular weight is 273 g/mol. The van der Waals surface area contributed by atoms with Crippen molar-refractivity contribution in [1.29, 1.82) is 0 Å². The lowest BCUT2D eigenvalue weighted by Gasteiger charge is -2.15. The Balaban J connectivity index is 2.17. The van der Waals surface area contributed by atoms with Crippen molar-refractivity contribution in [3.63, 3.8) is 0 Å². The van der Waals surface area contributed by atoms with Gasteiger partial charge >= 0.3 is 14.1 Å². The molecule has 0 atom stereocenters. The van der Waals surface area contributed by atoms with Gasteiger partial charge in [-0.3, -0.25) is 0 Å². The van der Waals surface area contributed by atoms with E-state index in [9.17, 15) is 0 Å². The minimum absolute atomic E-state index is 0.900. The maximum Gasteiger partial charge on any atom is 0.386 e. The fraction of sp³-hybridized carbons (Fsp3) is 0. The van der Waals surface area contributed by atoms with Gasteiger partial charge in [0.1, 0.15) is 0 Å². The van der Waals surface area contributed by atoms with Crippen LogP contribution < -0.4 is 19.0 Å². The minimum Gasteiger partial charge on any atom is -0.400 e. The summed E-state index contributed by atoms with van der Waals surface area (Å²) in [5, 5.41) is 0. The highest BCUT2D eigenvalue weighted by molar-refractivity contribution is 6.96. The fourth-order valence-corrected chi connectivity index (χ4v) is 5.67. The number of anilines is 1. The molecule has 0 unspecified atom stereocenters. The van der Waals surface area contributed by atoms with Crippen LogP contribution in [0.5, 0.6) is 0 Å². The first kappa shape index (κ1) is 13.0. The van der Waals surface area contributed by atoms with Crippen molar-refractivity contribution in [2.24, 2.45) is 0 Å². The Bertz CT molecular complexity index is 641. The largest absolute Gasteiger partial charge is 0.400 e. The number of benzene rings is 3. The Morgan fingerprint density at radius 3 is 1.50 bits per heavy atom. The van der Waals surface area contributed by atoms with Crippen molar-refractivity contribution in [2.45, 2.75) is 0 Å². The molecule has 0 aliphatic carbocycles. The molecule has 0 heterocycles. The van der Waals surface area contributed by atoms with E-state index in [-0.39, 0.29) is 0 Å². The number of nitrogen functional groups attached to an aromatic ring is 1. The van der Waals surface area contributed by atoms with Crippen molar-refractivity contribution < 1.29 is 0 Å². The summed E-state index contributed by atoms with van der Waals surface area (Å²) in [5.41, 5.74) is 7.13. The average Bonchev–Trinajstić information content (AvgIpc) is 2.52. The number of para-hydroxylation sites is 1. The van der Waals surface area contributed by atoms with Gasteiger partial charge in [0.15, 0.2) is 0 Å². The molecule has 0 aliphatic heterocycles. The lowest BCUT2D eigenvalue weighted by Crippen LogP contribution is -2.52. The molecule has 0 aromatic heterocycles. The highest BCUT2D eigenvalue weighted by Crippen LogP contribution is 2.02. The molecule has 0 spiro atoms. The first-order valence-electron chi connectivity index (χ1n) is 6.80. The monoisotopic (exact) mass is 273 g/mol. The molecular formula is C18H16AlN. The molecule has 0 amide bonds. The minimum atomic E-state index is -1.47. The van der Waals surface area contributed by atoms with E-state index in [1.807, 2.05) is 12.1 Å². The summed E-state index contributed by atoms with van der Waals surface area (Å²) in [6, 6.07) is 29.7. The van der Waals surface area contributed by atoms with E-state index in [1.165, 1.54) is 13.3 Å². The van der Waals surface area contributed by atoms with E-state index in [2.05, 4.69) is 72.8 Å². The van der Waals surface area contributed by atoms with Crippen LogP contribution in [0.3, 0.4) is 0 Å². The molecule has 20 heavy (non-hydrogen) atoms. The first-order chi connectivity index (χ1) is 9.86. The van der Waals surface area contributed by atoms with E-state index < -0.39 is 14.1 Å². The van der Waals surface area contributed by atoms with Crippen molar-refractivity contribution >= 4 is 33.1 Å². The highest BCUT2D eigenvalue weighted by atomic mass is 27.2. The summed E-state index contributed by atoms with van der Waals surface area (Å²) in [6.45, 7) is 0. The van der Waals surface area contributed by atoms with Crippen LogP contribution in [0.4, 0.5) is 5.69 Å². The van der Waals surface area contributed by atoms with Crippen LogP contribution in [-0.4, -0.2) is 14.1 Å². The van der Waals surface area contributed by atoms with Crippen LogP contribution in [0.15, 0.2) is 84.9 Å². The summed E-state index contributed by atoms with van der Waals surface area (Å²) in [4.78, 5) is 0. The molecule has 0 saturated carbocycles. The van der Waals surface area contributed by atoms with E-state index >= 15 is 0 Å². The third-order valence-corrected chi connectivity index (χ3v) is 6.82. The van der Waals surface area contributed by atoms with Gasteiger partial charge in [0, 0.05) is 5.69 Å². The van der Waals surface area contributed by atoms with Crippen LogP contribution >= 0.6 is 0 Å². The highest BCUT2D eigenvalue weighted by Gasteiger charge is 2.26. The normalized spacial score (nSPS) is 10.2. The van der Waals surface area contributed by atoms with Gasteiger partial charge in [0.2, 0.25) is 0 Å². The third-order valence-electron chi connectivity index (χ3n) is 3.57. The molecule has 0 radical (unpaired) electrons. The summed E-state index contributed by atoms with van der Waals surface area (Å²) in [7, 11) is 0. The van der Waals surface area contributed by atoms with Gasteiger partial charge in [-0.25, -0.2) is 0 Å². The Morgan fingerprint density at radius 1 is 0.550 bits per heavy atom. The first-order valence-corrected chi connectivity index (χ1v) is 8.54. The van der Waals surface area contributed by atoms with Gasteiger partial charge in [-0.1, -0.05) is 92.1 Å². The van der Waals surface area contributed by atoms with Crippen LogP contribution in [0.25, 0.3) is 0 Å². The molecule has 0 saturated heterocycles. The number of nitrogens with two attached hydrogens (primary N) is 1. The van der Waals surface area contributed by atoms with Crippen molar-refractivity contribution in [1.82, 2.24) is 0 Å². The summed E-state index contributed by atoms with van der Waals surface area (Å²) < 4.78 is 4.10. The Labute approximate surface area is 124 Å². The number of hydrogen-bond acceptors (Lipinski definition) is 1. The molecular weight excluding hydrogens is 257 g/mol. The zero-order valence-corrected chi connectivity index (χ0v) is 12.4. The van der Waals surface area contributed by atoms with Gasteiger partial charge in [-0.05, 0) is 6.07 Å². The van der Waals surface area contributed by atoms with Crippen molar-refractivity contribution in [3.8, 4) is 0 Å². The van der Waals surface area contributed by atoms with Crippen LogP contribution in [0.1, 0.15) is 0 Å². The lowest BCUT2D eigenvalue weighted by molar-refractivity contribution is 1.70. The Hall–Kier alpha value is -2.01. The second kappa shape index (κ2) is 5.96. The molecule has 3 aromatic rings. The summed E-state index contributed by atoms with van der Waals surface area (Å²) in [5.74, 6) is 0. The maximum absolute atomic E-state index is 6.23. The Kier molecular flexibility index (Phi) is 3.88. The fourth-order valence-electron chi connectivity index (χ4n) is 2.62. The molecule has 3 rings (SSSR count). The van der Waals surface area contributed by atoms with Gasteiger partial charge in [0.05, 0.1) is 0 Å². The van der Waals surface area contributed by atoms with Gasteiger partial charge in [-0.15, -0.1) is 0 Å². The molecule has 2 N–H and O–H groups in total. The van der Waals surface area contributed by atoms with E-state index in [1.54, 1.807) is 0 Å². The lowest BCUT2D eigenvalue weighted by atomic mass is 10.3. The zero-order chi connectivity index (χ0) is 13.8. The van der Waals surface area contributed by atoms with Crippen LogP contribution in [0.2, 0.25) is 0 Å². The van der Waals surface area contributed by atoms with Gasteiger partial charge < -0.3 is 5.73 Å². The molecule has 3 aromatic carbocycles. The maximum atomic E-state index is 6.23. The Morgan fingerprint density at radius 2 is 1.00 bits per heavy atom. The van der Waals surface area contributed by atoms with Crippen LogP contribution in [-0.2, 0) is 0 Å². The predicted molar refractivity (Wildman–Crippen MR) is 88.4 cm³/mol. The summed E-state index contributed by atoms with van der Waals surface area (Å²) >= 11 is -1.47. The van der Waals surface area contributed by atoms with Crippen LogP contribution in [0, 0.1) is 0 Å². The zero-order valence-electron chi connectivity index (χ0n) is 11.2.